The summed E-state index contributed by atoms with van der Waals surface area (Å²) in [4.78, 5) is 36.4. The number of fused-ring (bicyclic) bond motifs is 1. The van der Waals surface area contributed by atoms with Gasteiger partial charge in [0.1, 0.15) is 16.7 Å². The van der Waals surface area contributed by atoms with Crippen molar-refractivity contribution in [1.82, 2.24) is 4.90 Å². The van der Waals surface area contributed by atoms with Gasteiger partial charge < -0.3 is 19.2 Å². The minimum atomic E-state index is -1.34. The van der Waals surface area contributed by atoms with E-state index in [2.05, 4.69) is 0 Å². The number of carboxylic acids is 1. The summed E-state index contributed by atoms with van der Waals surface area (Å²) < 4.78 is 10.4. The highest BCUT2D eigenvalue weighted by Gasteiger charge is 2.18. The van der Waals surface area contributed by atoms with Gasteiger partial charge in [0.05, 0.1) is 0 Å². The van der Waals surface area contributed by atoms with Crippen molar-refractivity contribution in [2.75, 3.05) is 13.1 Å². The topological polar surface area (TPSA) is 97.1 Å². The van der Waals surface area contributed by atoms with Crippen molar-refractivity contribution in [2.24, 2.45) is 0 Å². The number of amides is 1. The van der Waals surface area contributed by atoms with Crippen LogP contribution in [0.25, 0.3) is 11.0 Å². The van der Waals surface area contributed by atoms with Crippen LogP contribution in [-0.4, -0.2) is 35.2 Å². The second-order valence-electron chi connectivity index (χ2n) is 4.45. The highest BCUT2D eigenvalue weighted by molar-refractivity contribution is 5.90. The third-order valence-electron chi connectivity index (χ3n) is 3.15. The molecule has 116 valence electrons. The van der Waals surface area contributed by atoms with Crippen LogP contribution in [0.15, 0.2) is 33.5 Å². The van der Waals surface area contributed by atoms with Gasteiger partial charge in [-0.05, 0) is 26.0 Å². The number of benzene rings is 1. The molecular formula is C15H15NO6. The van der Waals surface area contributed by atoms with Gasteiger partial charge >= 0.3 is 12.1 Å². The molecule has 1 heterocycles. The lowest BCUT2D eigenvalue weighted by Gasteiger charge is -2.18. The predicted molar refractivity (Wildman–Crippen MR) is 78.4 cm³/mol. The van der Waals surface area contributed by atoms with E-state index < -0.39 is 23.3 Å². The Balaban J connectivity index is 2.50. The second-order valence-corrected chi connectivity index (χ2v) is 4.45. The van der Waals surface area contributed by atoms with Crippen LogP contribution < -0.4 is 10.2 Å². The quantitative estimate of drug-likeness (QED) is 0.931. The molecule has 0 spiro atoms. The Morgan fingerprint density at radius 1 is 1.27 bits per heavy atom. The zero-order valence-corrected chi connectivity index (χ0v) is 12.2. The van der Waals surface area contributed by atoms with E-state index in [0.29, 0.717) is 13.1 Å². The average molecular weight is 305 g/mol. The first-order valence-corrected chi connectivity index (χ1v) is 6.74. The number of hydrogen-bond acceptors (Lipinski definition) is 5. The van der Waals surface area contributed by atoms with Crippen molar-refractivity contribution in [3.63, 3.8) is 0 Å². The number of rotatable bonds is 4. The Morgan fingerprint density at radius 2 is 1.95 bits per heavy atom. The summed E-state index contributed by atoms with van der Waals surface area (Å²) in [7, 11) is 0. The average Bonchev–Trinajstić information content (AvgIpc) is 2.48. The monoisotopic (exact) mass is 305 g/mol. The zero-order valence-electron chi connectivity index (χ0n) is 12.2. The maximum atomic E-state index is 12.1. The van der Waals surface area contributed by atoms with Crippen molar-refractivity contribution in [3.8, 4) is 5.75 Å². The molecule has 0 fully saturated rings. The van der Waals surface area contributed by atoms with E-state index in [1.165, 1.54) is 23.1 Å². The molecular weight excluding hydrogens is 290 g/mol. The Hall–Kier alpha value is -2.83. The van der Waals surface area contributed by atoms with E-state index in [-0.39, 0.29) is 16.7 Å². The third kappa shape index (κ3) is 2.93. The molecule has 1 aromatic carbocycles. The van der Waals surface area contributed by atoms with Gasteiger partial charge in [-0.3, -0.25) is 4.79 Å². The van der Waals surface area contributed by atoms with Gasteiger partial charge in [0, 0.05) is 19.2 Å². The summed E-state index contributed by atoms with van der Waals surface area (Å²) in [6.07, 6.45) is -0.584. The van der Waals surface area contributed by atoms with Crippen LogP contribution in [0, 0.1) is 0 Å². The van der Waals surface area contributed by atoms with E-state index in [0.717, 1.165) is 6.07 Å². The molecule has 7 nitrogen and oxygen atoms in total. The molecule has 2 rings (SSSR count). The normalized spacial score (nSPS) is 10.5. The molecule has 0 aliphatic rings. The van der Waals surface area contributed by atoms with E-state index in [1.807, 2.05) is 0 Å². The van der Waals surface area contributed by atoms with E-state index in [1.54, 1.807) is 13.8 Å². The minimum Gasteiger partial charge on any atom is -0.475 e. The maximum Gasteiger partial charge on any atom is 0.415 e. The highest BCUT2D eigenvalue weighted by Crippen LogP contribution is 2.24. The number of ether oxygens (including phenoxy) is 1. The molecule has 0 saturated heterocycles. The standard InChI is InChI=1S/C15H15NO6/c1-3-16(4-2)15(20)22-11-7-5-6-10-13(11)9(17)8-12(21-10)14(18)19/h5-8H,3-4H2,1-2H3,(H,18,19). The molecule has 0 atom stereocenters. The van der Waals surface area contributed by atoms with Crippen molar-refractivity contribution in [1.29, 1.82) is 0 Å². The fraction of sp³-hybridized carbons (Fsp3) is 0.267. The van der Waals surface area contributed by atoms with Gasteiger partial charge in [-0.2, -0.15) is 0 Å². The minimum absolute atomic E-state index is 0.0352. The number of carbonyl (C=O) groups excluding carboxylic acids is 1. The molecule has 1 aromatic heterocycles. The fourth-order valence-electron chi connectivity index (χ4n) is 2.01. The molecule has 0 aliphatic carbocycles. The molecule has 0 saturated carbocycles. The Kier molecular flexibility index (Phi) is 4.45. The van der Waals surface area contributed by atoms with Crippen LogP contribution in [0.5, 0.6) is 5.75 Å². The first-order chi connectivity index (χ1) is 10.5. The van der Waals surface area contributed by atoms with Gasteiger partial charge in [-0.1, -0.05) is 6.07 Å². The highest BCUT2D eigenvalue weighted by atomic mass is 16.6. The van der Waals surface area contributed by atoms with Crippen LogP contribution in [0.2, 0.25) is 0 Å². The van der Waals surface area contributed by atoms with Crippen molar-refractivity contribution in [3.05, 3.63) is 40.2 Å². The van der Waals surface area contributed by atoms with Crippen molar-refractivity contribution < 1.29 is 23.8 Å². The van der Waals surface area contributed by atoms with E-state index in [4.69, 9.17) is 14.3 Å². The van der Waals surface area contributed by atoms with Gasteiger partial charge in [0.2, 0.25) is 5.76 Å². The largest absolute Gasteiger partial charge is 0.475 e. The van der Waals surface area contributed by atoms with Crippen LogP contribution >= 0.6 is 0 Å². The summed E-state index contributed by atoms with van der Waals surface area (Å²) >= 11 is 0. The Labute approximate surface area is 125 Å². The maximum absolute atomic E-state index is 12.1. The SMILES string of the molecule is CCN(CC)C(=O)Oc1cccc2oc(C(=O)O)cc(=O)c12. The number of carboxylic acid groups (broad SMARTS) is 1. The molecule has 22 heavy (non-hydrogen) atoms. The number of hydrogen-bond donors (Lipinski definition) is 1. The van der Waals surface area contributed by atoms with Gasteiger partial charge in [-0.15, -0.1) is 0 Å². The predicted octanol–water partition coefficient (Wildman–Crippen LogP) is 2.33. The van der Waals surface area contributed by atoms with Crippen LogP contribution in [0.1, 0.15) is 24.4 Å². The van der Waals surface area contributed by atoms with E-state index >= 15 is 0 Å². The number of nitrogens with zero attached hydrogens (tertiary/aromatic N) is 1. The summed E-state index contributed by atoms with van der Waals surface area (Å²) in [5.41, 5.74) is -0.531. The van der Waals surface area contributed by atoms with Gasteiger partial charge in [0.25, 0.3) is 0 Å². The first-order valence-electron chi connectivity index (χ1n) is 6.74. The first kappa shape index (κ1) is 15.6. The molecule has 0 aliphatic heterocycles. The fourth-order valence-corrected chi connectivity index (χ4v) is 2.01. The summed E-state index contributed by atoms with van der Waals surface area (Å²) in [5, 5.41) is 8.93. The lowest BCUT2D eigenvalue weighted by molar-refractivity contribution is 0.0663. The summed E-state index contributed by atoms with van der Waals surface area (Å²) in [6.45, 7) is 4.55. The number of aromatic carboxylic acids is 1. The van der Waals surface area contributed by atoms with Crippen LogP contribution in [0.3, 0.4) is 0 Å². The Bertz CT molecular complexity index is 775. The lowest BCUT2D eigenvalue weighted by Crippen LogP contribution is -2.33. The molecule has 2 aromatic rings. The molecule has 7 heteroatoms. The summed E-state index contributed by atoms with van der Waals surface area (Å²) in [6, 6.07) is 5.28. The van der Waals surface area contributed by atoms with Crippen LogP contribution in [0.4, 0.5) is 4.79 Å². The molecule has 0 unspecified atom stereocenters. The molecule has 0 bridgehead atoms. The molecule has 1 amide bonds. The van der Waals surface area contributed by atoms with Crippen molar-refractivity contribution >= 4 is 23.0 Å². The zero-order chi connectivity index (χ0) is 16.3. The van der Waals surface area contributed by atoms with Gasteiger partial charge in [-0.25, -0.2) is 9.59 Å². The van der Waals surface area contributed by atoms with Crippen molar-refractivity contribution in [2.45, 2.75) is 13.8 Å². The molecule has 1 N–H and O–H groups in total. The smallest absolute Gasteiger partial charge is 0.415 e. The number of carbonyl (C=O) groups is 2. The Morgan fingerprint density at radius 3 is 2.55 bits per heavy atom. The lowest BCUT2D eigenvalue weighted by atomic mass is 10.2. The molecule has 0 radical (unpaired) electrons. The third-order valence-corrected chi connectivity index (χ3v) is 3.15. The van der Waals surface area contributed by atoms with Gasteiger partial charge in [0.15, 0.2) is 5.43 Å². The van der Waals surface area contributed by atoms with Crippen LogP contribution in [-0.2, 0) is 0 Å². The summed E-state index contributed by atoms with van der Waals surface area (Å²) in [5.74, 6) is -1.77. The van der Waals surface area contributed by atoms with E-state index in [9.17, 15) is 14.4 Å². The second kappa shape index (κ2) is 6.30.